The topological polar surface area (TPSA) is 17.1 Å². The van der Waals surface area contributed by atoms with Gasteiger partial charge in [-0.15, -0.1) is 0 Å². The molecule has 0 bridgehead atoms. The van der Waals surface area contributed by atoms with Crippen LogP contribution in [0.4, 0.5) is 0 Å². The van der Waals surface area contributed by atoms with Gasteiger partial charge in [-0.3, -0.25) is 4.79 Å². The number of rotatable bonds is 4. The van der Waals surface area contributed by atoms with E-state index in [1.165, 1.54) is 55.2 Å². The maximum Gasteiger partial charge on any atom is 0.132 e. The van der Waals surface area contributed by atoms with Gasteiger partial charge in [0.05, 0.1) is 0 Å². The molecule has 0 amide bonds. The number of carbonyl (C=O) groups is 1. The van der Waals surface area contributed by atoms with Crippen LogP contribution in [0.5, 0.6) is 0 Å². The Kier molecular flexibility index (Phi) is 6.25. The summed E-state index contributed by atoms with van der Waals surface area (Å²) in [6.45, 7) is 11.6. The molecule has 2 aliphatic carbocycles. The Bertz CT molecular complexity index is 622. The highest BCUT2D eigenvalue weighted by Gasteiger charge is 2.27. The molecule has 0 aromatic heterocycles. The number of Topliss-reactive ketones (excluding diaryl/α,β-unsaturated/α-hetero) is 1. The van der Waals surface area contributed by atoms with E-state index < -0.39 is 0 Å². The smallest absolute Gasteiger partial charge is 0.132 e. The fourth-order valence-corrected chi connectivity index (χ4v) is 5.64. The molecule has 144 valence electrons. The van der Waals surface area contributed by atoms with Crippen molar-refractivity contribution in [3.8, 4) is 0 Å². The van der Waals surface area contributed by atoms with E-state index in [2.05, 4.69) is 34.6 Å². The summed E-state index contributed by atoms with van der Waals surface area (Å²) in [5.74, 6) is 3.03. The summed E-state index contributed by atoms with van der Waals surface area (Å²) in [5, 5.41) is 0. The Balaban J connectivity index is 1.57. The number of hydrogen-bond donors (Lipinski definition) is 0. The van der Waals surface area contributed by atoms with Crippen molar-refractivity contribution in [1.82, 2.24) is 0 Å². The van der Waals surface area contributed by atoms with Crippen LogP contribution in [-0.4, -0.2) is 5.78 Å². The normalized spacial score (nSPS) is 24.9. The lowest BCUT2D eigenvalue weighted by Crippen LogP contribution is -2.18. The summed E-state index contributed by atoms with van der Waals surface area (Å²) in [6, 6.07) is 0. The number of hydrogen-bond acceptors (Lipinski definition) is 1. The van der Waals surface area contributed by atoms with Gasteiger partial charge in [0, 0.05) is 12.8 Å². The van der Waals surface area contributed by atoms with Crippen LogP contribution in [0.25, 0.3) is 0 Å². The van der Waals surface area contributed by atoms with Gasteiger partial charge in [-0.1, -0.05) is 12.8 Å². The molecule has 2 fully saturated rings. The van der Waals surface area contributed by atoms with Crippen LogP contribution >= 0.6 is 0 Å². The zero-order valence-electron chi connectivity index (χ0n) is 17.7. The lowest BCUT2D eigenvalue weighted by Gasteiger charge is -2.33. The van der Waals surface area contributed by atoms with E-state index in [4.69, 9.17) is 0 Å². The van der Waals surface area contributed by atoms with Crippen LogP contribution in [0.2, 0.25) is 0 Å². The van der Waals surface area contributed by atoms with E-state index in [9.17, 15) is 4.79 Å². The number of benzene rings is 1. The van der Waals surface area contributed by atoms with Gasteiger partial charge in [0.2, 0.25) is 0 Å². The van der Waals surface area contributed by atoms with Gasteiger partial charge in [-0.25, -0.2) is 0 Å². The second kappa shape index (κ2) is 8.28. The van der Waals surface area contributed by atoms with Gasteiger partial charge in [0.25, 0.3) is 0 Å². The van der Waals surface area contributed by atoms with Gasteiger partial charge in [-0.05, 0) is 124 Å². The minimum absolute atomic E-state index is 0.496. The fraction of sp³-hybridized carbons (Fsp3) is 0.720. The van der Waals surface area contributed by atoms with Crippen molar-refractivity contribution in [2.24, 2.45) is 11.8 Å². The molecule has 1 heteroatoms. The average molecular weight is 355 g/mol. The number of ketones is 1. The lowest BCUT2D eigenvalue weighted by molar-refractivity contribution is -0.121. The van der Waals surface area contributed by atoms with E-state index in [0.29, 0.717) is 5.78 Å². The third-order valence-electron chi connectivity index (χ3n) is 7.96. The summed E-state index contributed by atoms with van der Waals surface area (Å²) >= 11 is 0. The van der Waals surface area contributed by atoms with Gasteiger partial charge >= 0.3 is 0 Å². The molecular weight excluding hydrogens is 316 g/mol. The molecule has 0 aliphatic heterocycles. The minimum Gasteiger partial charge on any atom is -0.300 e. The predicted octanol–water partition coefficient (Wildman–Crippen LogP) is 7.04. The number of carbonyl (C=O) groups excluding carboxylic acids is 1. The second-order valence-electron chi connectivity index (χ2n) is 9.32. The van der Waals surface area contributed by atoms with E-state index in [-0.39, 0.29) is 0 Å². The Morgan fingerprint density at radius 2 is 1.04 bits per heavy atom. The third-order valence-corrected chi connectivity index (χ3v) is 7.96. The molecule has 0 saturated heterocycles. The Hall–Kier alpha value is -1.11. The Labute approximate surface area is 161 Å². The van der Waals surface area contributed by atoms with Gasteiger partial charge in [-0.2, -0.15) is 0 Å². The van der Waals surface area contributed by atoms with Gasteiger partial charge < -0.3 is 0 Å². The first-order valence-corrected chi connectivity index (χ1v) is 11.0. The molecule has 26 heavy (non-hydrogen) atoms. The summed E-state index contributed by atoms with van der Waals surface area (Å²) in [4.78, 5) is 11.4. The third kappa shape index (κ3) is 4.07. The highest BCUT2D eigenvalue weighted by atomic mass is 16.1. The van der Waals surface area contributed by atoms with Gasteiger partial charge in [0.1, 0.15) is 5.78 Å². The van der Waals surface area contributed by atoms with Crippen LogP contribution in [-0.2, 0) is 4.79 Å². The maximum atomic E-state index is 11.4. The molecule has 0 N–H and O–H groups in total. The van der Waals surface area contributed by atoms with Crippen LogP contribution in [0.1, 0.15) is 104 Å². The van der Waals surface area contributed by atoms with Crippen LogP contribution in [0.15, 0.2) is 0 Å². The van der Waals surface area contributed by atoms with Crippen molar-refractivity contribution in [2.45, 2.75) is 105 Å². The zero-order valence-corrected chi connectivity index (χ0v) is 17.7. The Morgan fingerprint density at radius 1 is 0.615 bits per heavy atom. The summed E-state index contributed by atoms with van der Waals surface area (Å²) in [7, 11) is 0. The van der Waals surface area contributed by atoms with E-state index in [0.717, 1.165) is 43.4 Å². The molecule has 1 nitrogen and oxygen atoms in total. The van der Waals surface area contributed by atoms with E-state index >= 15 is 0 Å². The van der Waals surface area contributed by atoms with E-state index in [1.807, 2.05) is 0 Å². The molecule has 1 aromatic carbocycles. The molecular formula is C25H38O. The van der Waals surface area contributed by atoms with Crippen molar-refractivity contribution in [2.75, 3.05) is 0 Å². The summed E-state index contributed by atoms with van der Waals surface area (Å²) in [6.07, 6.45) is 12.3. The largest absolute Gasteiger partial charge is 0.300 e. The van der Waals surface area contributed by atoms with Crippen LogP contribution in [0, 0.1) is 46.5 Å². The molecule has 1 aromatic rings. The molecule has 0 atom stereocenters. The van der Waals surface area contributed by atoms with Crippen molar-refractivity contribution in [3.05, 3.63) is 33.4 Å². The molecule has 0 spiro atoms. The average Bonchev–Trinajstić information content (AvgIpc) is 2.65. The SMILES string of the molecule is Cc1c(C)c(C)c(C2CCC(CCC3CCC(=O)CC3)CC2)c(C)c1C. The minimum atomic E-state index is 0.496. The summed E-state index contributed by atoms with van der Waals surface area (Å²) < 4.78 is 0. The fourth-order valence-electron chi connectivity index (χ4n) is 5.64. The van der Waals surface area contributed by atoms with Crippen molar-refractivity contribution in [1.29, 1.82) is 0 Å². The Morgan fingerprint density at radius 3 is 1.54 bits per heavy atom. The van der Waals surface area contributed by atoms with Crippen molar-refractivity contribution in [3.63, 3.8) is 0 Å². The highest BCUT2D eigenvalue weighted by Crippen LogP contribution is 2.42. The van der Waals surface area contributed by atoms with Crippen LogP contribution < -0.4 is 0 Å². The van der Waals surface area contributed by atoms with Crippen molar-refractivity contribution >= 4 is 5.78 Å². The maximum absolute atomic E-state index is 11.4. The molecule has 0 radical (unpaired) electrons. The van der Waals surface area contributed by atoms with Crippen LogP contribution in [0.3, 0.4) is 0 Å². The molecule has 2 aliphatic rings. The first-order valence-electron chi connectivity index (χ1n) is 11.0. The quantitative estimate of drug-likeness (QED) is 0.566. The first kappa shape index (κ1) is 19.6. The molecule has 3 rings (SSSR count). The molecule has 2 saturated carbocycles. The highest BCUT2D eigenvalue weighted by molar-refractivity contribution is 5.79. The van der Waals surface area contributed by atoms with E-state index in [1.54, 1.807) is 16.7 Å². The molecule has 0 heterocycles. The second-order valence-corrected chi connectivity index (χ2v) is 9.32. The summed E-state index contributed by atoms with van der Waals surface area (Å²) in [5.41, 5.74) is 9.30. The predicted molar refractivity (Wildman–Crippen MR) is 111 cm³/mol. The zero-order chi connectivity index (χ0) is 18.8. The molecule has 0 unspecified atom stereocenters. The monoisotopic (exact) mass is 354 g/mol. The van der Waals surface area contributed by atoms with Gasteiger partial charge in [0.15, 0.2) is 0 Å². The first-order chi connectivity index (χ1) is 12.4. The standard InChI is InChI=1S/C25H38O/c1-16-17(2)19(4)25(20(5)18(16)3)23-12-8-21(9-13-23)6-7-22-10-14-24(26)15-11-22/h21-23H,6-15H2,1-5H3. The van der Waals surface area contributed by atoms with Crippen molar-refractivity contribution < 1.29 is 4.79 Å². The lowest BCUT2D eigenvalue weighted by atomic mass is 9.72.